The van der Waals surface area contributed by atoms with Crippen LogP contribution >= 0.6 is 0 Å². The number of ether oxygens (including phenoxy) is 1. The van der Waals surface area contributed by atoms with Crippen LogP contribution in [0.1, 0.15) is 65.7 Å². The van der Waals surface area contributed by atoms with Gasteiger partial charge in [-0.1, -0.05) is 33.6 Å². The molecule has 0 heterocycles. The third kappa shape index (κ3) is 3.98. The first kappa shape index (κ1) is 16.8. The maximum Gasteiger partial charge on any atom is 0.223 e. The molecule has 4 heteroatoms. The highest BCUT2D eigenvalue weighted by atomic mass is 16.5. The molecule has 0 aromatic heterocycles. The lowest BCUT2D eigenvalue weighted by atomic mass is 9.64. The van der Waals surface area contributed by atoms with Crippen molar-refractivity contribution in [2.45, 2.75) is 83.9 Å². The Morgan fingerprint density at radius 1 is 1.33 bits per heavy atom. The van der Waals surface area contributed by atoms with Gasteiger partial charge in [-0.3, -0.25) is 4.79 Å². The van der Waals surface area contributed by atoms with E-state index in [1.54, 1.807) is 0 Å². The van der Waals surface area contributed by atoms with Gasteiger partial charge in [0, 0.05) is 30.0 Å². The van der Waals surface area contributed by atoms with Crippen LogP contribution in [-0.2, 0) is 9.53 Å². The van der Waals surface area contributed by atoms with Crippen LogP contribution in [0.4, 0.5) is 0 Å². The zero-order valence-corrected chi connectivity index (χ0v) is 13.9. The molecule has 21 heavy (non-hydrogen) atoms. The lowest BCUT2D eigenvalue weighted by Gasteiger charge is -2.52. The molecule has 0 aromatic carbocycles. The predicted octanol–water partition coefficient (Wildman–Crippen LogP) is 2.60. The van der Waals surface area contributed by atoms with Gasteiger partial charge in [0.25, 0.3) is 0 Å². The zero-order valence-electron chi connectivity index (χ0n) is 13.9. The minimum Gasteiger partial charge on any atom is -0.378 e. The van der Waals surface area contributed by atoms with E-state index in [4.69, 9.17) is 10.5 Å². The second-order valence-corrected chi connectivity index (χ2v) is 7.45. The zero-order chi connectivity index (χ0) is 15.5. The van der Waals surface area contributed by atoms with E-state index in [1.165, 1.54) is 0 Å². The van der Waals surface area contributed by atoms with Gasteiger partial charge >= 0.3 is 0 Å². The molecule has 2 fully saturated rings. The first-order valence-electron chi connectivity index (χ1n) is 8.62. The van der Waals surface area contributed by atoms with Crippen LogP contribution in [-0.4, -0.2) is 30.7 Å². The van der Waals surface area contributed by atoms with Crippen molar-refractivity contribution >= 4 is 5.91 Å². The molecule has 2 aliphatic rings. The molecule has 2 saturated carbocycles. The molecule has 0 aromatic rings. The molecule has 0 spiro atoms. The van der Waals surface area contributed by atoms with Gasteiger partial charge in [0.2, 0.25) is 5.91 Å². The average molecular weight is 296 g/mol. The summed E-state index contributed by atoms with van der Waals surface area (Å²) in [4.78, 5) is 12.4. The fourth-order valence-corrected chi connectivity index (χ4v) is 3.54. The number of nitrogens with one attached hydrogen (secondary N) is 1. The number of carbonyl (C=O) groups is 1. The van der Waals surface area contributed by atoms with Crippen LogP contribution in [0.3, 0.4) is 0 Å². The number of nitrogens with two attached hydrogens (primary N) is 1. The third-order valence-corrected chi connectivity index (χ3v) is 5.40. The molecule has 0 saturated heterocycles. The highest BCUT2D eigenvalue weighted by Gasteiger charge is 2.50. The molecule has 0 bridgehead atoms. The number of carbonyl (C=O) groups excluding carboxylic acids is 1. The highest BCUT2D eigenvalue weighted by molar-refractivity contribution is 5.79. The van der Waals surface area contributed by atoms with Crippen molar-refractivity contribution in [2.24, 2.45) is 17.1 Å². The van der Waals surface area contributed by atoms with Crippen LogP contribution in [0.15, 0.2) is 0 Å². The Morgan fingerprint density at radius 2 is 2.10 bits per heavy atom. The Morgan fingerprint density at radius 3 is 2.71 bits per heavy atom. The van der Waals surface area contributed by atoms with E-state index in [2.05, 4.69) is 26.1 Å². The highest BCUT2D eigenvalue weighted by Crippen LogP contribution is 2.43. The van der Waals surface area contributed by atoms with Crippen LogP contribution in [0.25, 0.3) is 0 Å². The number of hydrogen-bond acceptors (Lipinski definition) is 3. The average Bonchev–Trinajstić information content (AvgIpc) is 2.45. The van der Waals surface area contributed by atoms with Crippen molar-refractivity contribution in [3.63, 3.8) is 0 Å². The van der Waals surface area contributed by atoms with Gasteiger partial charge in [-0.2, -0.15) is 0 Å². The molecule has 4 atom stereocenters. The summed E-state index contributed by atoms with van der Waals surface area (Å²) < 4.78 is 5.94. The van der Waals surface area contributed by atoms with Gasteiger partial charge < -0.3 is 15.8 Å². The van der Waals surface area contributed by atoms with E-state index in [9.17, 15) is 4.79 Å². The van der Waals surface area contributed by atoms with Crippen molar-refractivity contribution < 1.29 is 9.53 Å². The van der Waals surface area contributed by atoms with Gasteiger partial charge in [0.1, 0.15) is 0 Å². The van der Waals surface area contributed by atoms with Crippen LogP contribution in [0.5, 0.6) is 0 Å². The molecular formula is C17H32N2O2. The SMILES string of the molecule is CCCCOC1CC(NC(=O)C2CCCC(N)C2)C1(C)C. The van der Waals surface area contributed by atoms with Gasteiger partial charge in [0.05, 0.1) is 6.10 Å². The quantitative estimate of drug-likeness (QED) is 0.741. The van der Waals surface area contributed by atoms with Crippen LogP contribution in [0, 0.1) is 11.3 Å². The van der Waals surface area contributed by atoms with Crippen molar-refractivity contribution in [3.05, 3.63) is 0 Å². The Labute approximate surface area is 129 Å². The molecule has 0 aliphatic heterocycles. The number of amides is 1. The molecule has 2 rings (SSSR count). The molecule has 122 valence electrons. The Hall–Kier alpha value is -0.610. The molecule has 2 aliphatic carbocycles. The van der Waals surface area contributed by atoms with E-state index >= 15 is 0 Å². The largest absolute Gasteiger partial charge is 0.378 e. The normalized spacial score (nSPS) is 35.0. The lowest BCUT2D eigenvalue weighted by Crippen LogP contribution is -2.63. The van der Waals surface area contributed by atoms with E-state index in [-0.39, 0.29) is 35.4 Å². The van der Waals surface area contributed by atoms with Crippen molar-refractivity contribution in [1.82, 2.24) is 5.32 Å². The van der Waals surface area contributed by atoms with E-state index in [1.807, 2.05) is 0 Å². The standard InChI is InChI=1S/C17H32N2O2/c1-4-5-9-21-15-11-14(17(15,2)3)19-16(20)12-7-6-8-13(18)10-12/h12-15H,4-11,18H2,1-3H3,(H,19,20). The van der Waals surface area contributed by atoms with E-state index in [0.29, 0.717) is 0 Å². The van der Waals surface area contributed by atoms with Crippen molar-refractivity contribution in [3.8, 4) is 0 Å². The molecular weight excluding hydrogens is 264 g/mol. The number of rotatable bonds is 6. The Balaban J connectivity index is 1.77. The summed E-state index contributed by atoms with van der Waals surface area (Å²) in [6.07, 6.45) is 7.48. The summed E-state index contributed by atoms with van der Waals surface area (Å²) in [5.41, 5.74) is 6.03. The topological polar surface area (TPSA) is 64.3 Å². The molecule has 3 N–H and O–H groups in total. The van der Waals surface area contributed by atoms with Crippen LogP contribution in [0.2, 0.25) is 0 Å². The maximum absolute atomic E-state index is 12.4. The van der Waals surface area contributed by atoms with E-state index < -0.39 is 0 Å². The number of unbranched alkanes of at least 4 members (excludes halogenated alkanes) is 1. The van der Waals surface area contributed by atoms with Crippen molar-refractivity contribution in [1.29, 1.82) is 0 Å². The fourth-order valence-electron chi connectivity index (χ4n) is 3.54. The second-order valence-electron chi connectivity index (χ2n) is 7.45. The predicted molar refractivity (Wildman–Crippen MR) is 84.9 cm³/mol. The van der Waals surface area contributed by atoms with E-state index in [0.717, 1.165) is 51.6 Å². The van der Waals surface area contributed by atoms with Crippen molar-refractivity contribution in [2.75, 3.05) is 6.61 Å². The third-order valence-electron chi connectivity index (χ3n) is 5.40. The maximum atomic E-state index is 12.4. The Bertz CT molecular complexity index is 357. The molecule has 4 unspecified atom stereocenters. The summed E-state index contributed by atoms with van der Waals surface area (Å²) in [6.45, 7) is 7.41. The molecule has 1 amide bonds. The molecule has 0 radical (unpaired) electrons. The van der Waals surface area contributed by atoms with Crippen LogP contribution < -0.4 is 11.1 Å². The van der Waals surface area contributed by atoms with Gasteiger partial charge in [-0.25, -0.2) is 0 Å². The summed E-state index contributed by atoms with van der Waals surface area (Å²) >= 11 is 0. The smallest absolute Gasteiger partial charge is 0.223 e. The number of hydrogen-bond donors (Lipinski definition) is 2. The first-order chi connectivity index (χ1) is 9.95. The summed E-state index contributed by atoms with van der Waals surface area (Å²) in [6, 6.07) is 0.448. The lowest BCUT2D eigenvalue weighted by molar-refractivity contribution is -0.141. The second kappa shape index (κ2) is 7.10. The van der Waals surface area contributed by atoms with Gasteiger partial charge in [0.15, 0.2) is 0 Å². The fraction of sp³-hybridized carbons (Fsp3) is 0.941. The minimum atomic E-state index is 0.0418. The van der Waals surface area contributed by atoms with Gasteiger partial charge in [-0.05, 0) is 32.1 Å². The molecule has 4 nitrogen and oxygen atoms in total. The summed E-state index contributed by atoms with van der Waals surface area (Å²) in [7, 11) is 0. The van der Waals surface area contributed by atoms with Gasteiger partial charge in [-0.15, -0.1) is 0 Å². The summed E-state index contributed by atoms with van der Waals surface area (Å²) in [5, 5.41) is 3.24. The summed E-state index contributed by atoms with van der Waals surface area (Å²) in [5.74, 6) is 0.319. The monoisotopic (exact) mass is 296 g/mol. The Kier molecular flexibility index (Phi) is 5.67. The minimum absolute atomic E-state index is 0.0418. The first-order valence-corrected chi connectivity index (χ1v) is 8.62.